The molecule has 6 fully saturated rings. The fraction of sp³-hybridized carbons (Fsp3) is 0.773. The van der Waals surface area contributed by atoms with Crippen molar-refractivity contribution in [2.24, 2.45) is 46.3 Å². The van der Waals surface area contributed by atoms with Crippen LogP contribution in [0, 0.1) is 46.3 Å². The number of esters is 2. The summed E-state index contributed by atoms with van der Waals surface area (Å²) < 4.78 is 39.0. The van der Waals surface area contributed by atoms with Gasteiger partial charge in [0.2, 0.25) is 0 Å². The quantitative estimate of drug-likeness (QED) is 0.201. The van der Waals surface area contributed by atoms with E-state index in [1.54, 1.807) is 41.6 Å². The van der Waals surface area contributed by atoms with E-state index in [1.165, 1.54) is 32.6 Å². The minimum Gasteiger partial charge on any atom is -0.457 e. The third-order valence-corrected chi connectivity index (χ3v) is 16.5. The Morgan fingerprint density at radius 1 is 0.962 bits per heavy atom. The summed E-state index contributed by atoms with van der Waals surface area (Å²) >= 11 is 1.64. The molecule has 0 N–H and O–H groups in total. The highest BCUT2D eigenvalue weighted by atomic mass is 32.2. The van der Waals surface area contributed by atoms with Crippen molar-refractivity contribution in [1.29, 1.82) is 0 Å². The van der Waals surface area contributed by atoms with E-state index in [2.05, 4.69) is 40.7 Å². The topological polar surface area (TPSA) is 89.5 Å². The predicted octanol–water partition coefficient (Wildman–Crippen LogP) is 8.76. The second-order valence-electron chi connectivity index (χ2n) is 18.2. The van der Waals surface area contributed by atoms with E-state index in [1.807, 2.05) is 13.0 Å². The minimum absolute atomic E-state index is 0.00720. The molecule has 53 heavy (non-hydrogen) atoms. The van der Waals surface area contributed by atoms with Crippen LogP contribution < -0.4 is 0 Å². The van der Waals surface area contributed by atoms with Gasteiger partial charge in [0.1, 0.15) is 0 Å². The van der Waals surface area contributed by atoms with Crippen molar-refractivity contribution in [2.45, 2.75) is 154 Å². The summed E-state index contributed by atoms with van der Waals surface area (Å²) in [5, 5.41) is -0.337. The average molecular weight is 751 g/mol. The van der Waals surface area contributed by atoms with Crippen LogP contribution >= 0.6 is 11.8 Å². The van der Waals surface area contributed by atoms with E-state index in [9.17, 15) is 9.59 Å². The molecule has 8 rings (SSSR count). The van der Waals surface area contributed by atoms with Gasteiger partial charge in [-0.1, -0.05) is 64.5 Å². The largest absolute Gasteiger partial charge is 0.457 e. The summed E-state index contributed by atoms with van der Waals surface area (Å²) in [6, 6.07) is 8.92. The van der Waals surface area contributed by atoms with E-state index in [4.69, 9.17) is 28.4 Å². The smallest absolute Gasteiger partial charge is 0.338 e. The zero-order chi connectivity index (χ0) is 37.3. The SMILES string of the molecule is CCS[C@@H]1[C@@H](O[C@H]2CC[C@@]3(C)C(=CC[C@H]4[C@@H]5C[C@@H]6O[C@]7(CC[C@@H](C)CO7)[C@@H](C)[C@@H]6[C@@]5(C)CC[C@@H]43)C2)O[C@@H](C)[C@H](OC(=O)c2ccccc2)[C@H]1OC(C)=O. The number of fused-ring (bicyclic) bond motifs is 7. The van der Waals surface area contributed by atoms with Gasteiger partial charge in [-0.15, -0.1) is 11.8 Å². The number of carbonyl (C=O) groups is 2. The van der Waals surface area contributed by atoms with E-state index in [0.717, 1.165) is 44.5 Å². The van der Waals surface area contributed by atoms with Gasteiger partial charge in [0.15, 0.2) is 24.3 Å². The lowest BCUT2D eigenvalue weighted by Crippen LogP contribution is -2.59. The summed E-state index contributed by atoms with van der Waals surface area (Å²) in [5.74, 6) is 3.24. The Bertz CT molecular complexity index is 1540. The molecule has 4 aliphatic carbocycles. The zero-order valence-corrected chi connectivity index (χ0v) is 33.7. The molecule has 16 atom stereocenters. The molecule has 3 saturated heterocycles. The highest BCUT2D eigenvalue weighted by Crippen LogP contribution is 2.70. The number of ether oxygens (including phenoxy) is 6. The maximum atomic E-state index is 13.2. The second kappa shape index (κ2) is 14.5. The highest BCUT2D eigenvalue weighted by Gasteiger charge is 2.68. The minimum atomic E-state index is -0.756. The van der Waals surface area contributed by atoms with Crippen molar-refractivity contribution in [3.63, 3.8) is 0 Å². The standard InChI is InChI=1S/C44H62O8S/c1-8-53-39-38(49-28(5)45)37(51-40(46)29-12-10-9-11-13-29)27(4)48-41(39)50-31-17-19-42(6)30(22-31)14-15-32-33(42)18-20-43(7)34(32)23-35-36(43)26(3)44(52-35)21-16-25(2)24-47-44/h9-14,25-27,31-39,41H,8,15-24H2,1-7H3/t25-,26+,27+,31+,32-,33+,34+,35+,36+,37+,38-,39+,41-,42+,43+,44-/m1/s1. The molecule has 292 valence electrons. The first-order valence-corrected chi connectivity index (χ1v) is 21.8. The van der Waals surface area contributed by atoms with Crippen LogP contribution in [0.1, 0.15) is 117 Å². The summed E-state index contributed by atoms with van der Waals surface area (Å²) in [7, 11) is 0. The first kappa shape index (κ1) is 38.0. The number of carbonyl (C=O) groups excluding carboxylic acids is 2. The van der Waals surface area contributed by atoms with Crippen LogP contribution in [0.2, 0.25) is 0 Å². The molecule has 1 aromatic rings. The summed E-state index contributed by atoms with van der Waals surface area (Å²) in [4.78, 5) is 25.6. The molecule has 7 aliphatic rings. The van der Waals surface area contributed by atoms with Crippen LogP contribution in [0.25, 0.3) is 0 Å². The normalized spacial score (nSPS) is 47.5. The Balaban J connectivity index is 0.958. The number of hydrogen-bond donors (Lipinski definition) is 0. The molecular formula is C44H62O8S. The highest BCUT2D eigenvalue weighted by molar-refractivity contribution is 7.99. The molecule has 8 nitrogen and oxygen atoms in total. The van der Waals surface area contributed by atoms with E-state index in [0.29, 0.717) is 52.6 Å². The Kier molecular flexibility index (Phi) is 10.4. The van der Waals surface area contributed by atoms with Crippen LogP contribution in [-0.4, -0.2) is 72.1 Å². The zero-order valence-electron chi connectivity index (χ0n) is 32.9. The Morgan fingerprint density at radius 2 is 1.75 bits per heavy atom. The van der Waals surface area contributed by atoms with Crippen molar-refractivity contribution in [3.8, 4) is 0 Å². The molecule has 0 amide bonds. The molecule has 3 saturated carbocycles. The maximum Gasteiger partial charge on any atom is 0.338 e. The van der Waals surface area contributed by atoms with E-state index < -0.39 is 36.5 Å². The first-order valence-electron chi connectivity index (χ1n) is 20.7. The predicted molar refractivity (Wildman–Crippen MR) is 204 cm³/mol. The summed E-state index contributed by atoms with van der Waals surface area (Å²) in [6.45, 7) is 16.1. The van der Waals surface area contributed by atoms with Crippen LogP contribution in [0.5, 0.6) is 0 Å². The molecule has 9 heteroatoms. The van der Waals surface area contributed by atoms with Gasteiger partial charge in [0.05, 0.1) is 35.7 Å². The molecular weight excluding hydrogens is 689 g/mol. The number of hydrogen-bond acceptors (Lipinski definition) is 9. The Labute approximate surface area is 321 Å². The molecule has 1 aromatic carbocycles. The van der Waals surface area contributed by atoms with Gasteiger partial charge >= 0.3 is 11.9 Å². The van der Waals surface area contributed by atoms with Crippen molar-refractivity contribution in [3.05, 3.63) is 47.5 Å². The Morgan fingerprint density at radius 3 is 2.47 bits per heavy atom. The van der Waals surface area contributed by atoms with Crippen LogP contribution in [0.4, 0.5) is 0 Å². The third kappa shape index (κ3) is 6.54. The second-order valence-corrected chi connectivity index (χ2v) is 19.7. The summed E-state index contributed by atoms with van der Waals surface area (Å²) in [5.41, 5.74) is 2.48. The van der Waals surface area contributed by atoms with Gasteiger partial charge in [0.25, 0.3) is 0 Å². The lowest BCUT2D eigenvalue weighted by Gasteiger charge is -2.58. The van der Waals surface area contributed by atoms with Gasteiger partial charge < -0.3 is 28.4 Å². The lowest BCUT2D eigenvalue weighted by molar-refractivity contribution is -0.272. The van der Waals surface area contributed by atoms with Gasteiger partial charge in [-0.05, 0) is 117 Å². The van der Waals surface area contributed by atoms with Crippen LogP contribution in [0.3, 0.4) is 0 Å². The average Bonchev–Trinajstić information content (AvgIpc) is 3.58. The van der Waals surface area contributed by atoms with Crippen molar-refractivity contribution < 1.29 is 38.0 Å². The van der Waals surface area contributed by atoms with Crippen LogP contribution in [-0.2, 0) is 33.2 Å². The van der Waals surface area contributed by atoms with Crippen molar-refractivity contribution in [1.82, 2.24) is 0 Å². The first-order chi connectivity index (χ1) is 25.4. The number of benzene rings is 1. The van der Waals surface area contributed by atoms with Gasteiger partial charge in [0, 0.05) is 19.3 Å². The molecule has 0 aromatic heterocycles. The van der Waals surface area contributed by atoms with Gasteiger partial charge in [-0.25, -0.2) is 4.79 Å². The van der Waals surface area contributed by atoms with E-state index in [-0.39, 0.29) is 22.6 Å². The molecule has 3 aliphatic heterocycles. The fourth-order valence-electron chi connectivity index (χ4n) is 12.7. The monoisotopic (exact) mass is 750 g/mol. The van der Waals surface area contributed by atoms with Gasteiger partial charge in [-0.3, -0.25) is 4.79 Å². The molecule has 0 unspecified atom stereocenters. The van der Waals surface area contributed by atoms with Crippen molar-refractivity contribution >= 4 is 23.7 Å². The summed E-state index contributed by atoms with van der Waals surface area (Å²) in [6.07, 6.45) is 10.4. The van der Waals surface area contributed by atoms with E-state index >= 15 is 0 Å². The fourth-order valence-corrected chi connectivity index (χ4v) is 13.7. The third-order valence-electron chi connectivity index (χ3n) is 15.3. The lowest BCUT2D eigenvalue weighted by atomic mass is 9.47. The number of rotatable bonds is 7. The van der Waals surface area contributed by atoms with Crippen LogP contribution in [0.15, 0.2) is 42.0 Å². The maximum absolute atomic E-state index is 13.2. The molecule has 0 radical (unpaired) electrons. The molecule has 3 heterocycles. The molecule has 1 spiro atoms. The Hall–Kier alpha value is -1.91. The number of allylic oxidation sites excluding steroid dienone is 1. The van der Waals surface area contributed by atoms with Gasteiger partial charge in [-0.2, -0.15) is 0 Å². The van der Waals surface area contributed by atoms with Crippen molar-refractivity contribution in [2.75, 3.05) is 12.4 Å². The number of thioether (sulfide) groups is 1. The molecule has 0 bridgehead atoms.